The smallest absolute Gasteiger partial charge is 0.0657 e. The molecule has 1 aliphatic carbocycles. The fraction of sp³-hybridized carbons (Fsp3) is 0.812. The first kappa shape index (κ1) is 15.5. The molecule has 1 saturated carbocycles. The van der Waals surface area contributed by atoms with Crippen LogP contribution in [0.5, 0.6) is 0 Å². The van der Waals surface area contributed by atoms with Crippen molar-refractivity contribution in [3.8, 4) is 0 Å². The van der Waals surface area contributed by atoms with Crippen LogP contribution in [-0.2, 0) is 25.8 Å². The second-order valence-electron chi connectivity index (χ2n) is 6.08. The van der Waals surface area contributed by atoms with Crippen molar-refractivity contribution in [2.24, 2.45) is 0 Å². The summed E-state index contributed by atoms with van der Waals surface area (Å²) in [5.74, 6) is 0. The van der Waals surface area contributed by atoms with Gasteiger partial charge >= 0.3 is 0 Å². The van der Waals surface area contributed by atoms with Crippen molar-refractivity contribution >= 4 is 0 Å². The maximum atomic E-state index is 4.85. The van der Waals surface area contributed by atoms with E-state index in [0.717, 1.165) is 44.9 Å². The number of nitrogens with zero attached hydrogens (tertiary/aromatic N) is 3. The van der Waals surface area contributed by atoms with Crippen LogP contribution in [0.25, 0.3) is 0 Å². The van der Waals surface area contributed by atoms with Gasteiger partial charge in [0.25, 0.3) is 0 Å². The van der Waals surface area contributed by atoms with Gasteiger partial charge < -0.3 is 10.2 Å². The third kappa shape index (κ3) is 4.06. The number of hydrogen-bond donors (Lipinski definition) is 1. The molecule has 4 nitrogen and oxygen atoms in total. The van der Waals surface area contributed by atoms with E-state index >= 15 is 0 Å². The molecular formula is C16H30N4. The van der Waals surface area contributed by atoms with Gasteiger partial charge in [-0.05, 0) is 58.3 Å². The predicted octanol–water partition coefficient (Wildman–Crippen LogP) is 1.86. The summed E-state index contributed by atoms with van der Waals surface area (Å²) < 4.78 is 2.24. The van der Waals surface area contributed by atoms with E-state index in [2.05, 4.69) is 42.8 Å². The number of aromatic nitrogens is 2. The third-order valence-corrected chi connectivity index (χ3v) is 4.06. The van der Waals surface area contributed by atoms with Gasteiger partial charge in [-0.3, -0.25) is 4.68 Å². The average Bonchev–Trinajstić information content (AvgIpc) is 3.17. The number of nitrogens with one attached hydrogen (secondary N) is 1. The molecule has 0 aliphatic heterocycles. The van der Waals surface area contributed by atoms with Crippen molar-refractivity contribution in [3.05, 3.63) is 17.0 Å². The fourth-order valence-corrected chi connectivity index (χ4v) is 2.73. The Hall–Kier alpha value is -0.870. The van der Waals surface area contributed by atoms with Crippen LogP contribution in [-0.4, -0.2) is 47.9 Å². The van der Waals surface area contributed by atoms with Crippen molar-refractivity contribution in [3.63, 3.8) is 0 Å². The van der Waals surface area contributed by atoms with Crippen LogP contribution in [0, 0.1) is 0 Å². The van der Waals surface area contributed by atoms with Crippen molar-refractivity contribution in [2.45, 2.75) is 58.5 Å². The van der Waals surface area contributed by atoms with E-state index in [9.17, 15) is 0 Å². The largest absolute Gasteiger partial charge is 0.314 e. The number of rotatable bonds is 9. The highest BCUT2D eigenvalue weighted by molar-refractivity contribution is 5.27. The molecule has 0 unspecified atom stereocenters. The molecule has 0 saturated heterocycles. The Morgan fingerprint density at radius 3 is 2.55 bits per heavy atom. The standard InChI is InChI=1S/C16H30N4/c1-5-15-14(9-10-17-13-7-8-13)16(6-2)20(18-15)12-11-19(3)4/h13,17H,5-12H2,1-4H3. The Morgan fingerprint density at radius 2 is 2.00 bits per heavy atom. The summed E-state index contributed by atoms with van der Waals surface area (Å²) in [6.45, 7) is 7.62. The van der Waals surface area contributed by atoms with E-state index in [-0.39, 0.29) is 0 Å². The lowest BCUT2D eigenvalue weighted by atomic mass is 10.1. The quantitative estimate of drug-likeness (QED) is 0.748. The summed E-state index contributed by atoms with van der Waals surface area (Å²) in [6.07, 6.45) is 5.98. The zero-order chi connectivity index (χ0) is 14.5. The van der Waals surface area contributed by atoms with E-state index in [1.807, 2.05) is 0 Å². The van der Waals surface area contributed by atoms with Gasteiger partial charge in [0, 0.05) is 18.3 Å². The lowest BCUT2D eigenvalue weighted by molar-refractivity contribution is 0.369. The Labute approximate surface area is 123 Å². The number of likely N-dealkylation sites (N-methyl/N-ethyl adjacent to an activating group) is 1. The molecule has 1 aromatic heterocycles. The topological polar surface area (TPSA) is 33.1 Å². The molecule has 1 heterocycles. The third-order valence-electron chi connectivity index (χ3n) is 4.06. The van der Waals surface area contributed by atoms with Gasteiger partial charge in [0.2, 0.25) is 0 Å². The van der Waals surface area contributed by atoms with Crippen molar-refractivity contribution < 1.29 is 0 Å². The maximum Gasteiger partial charge on any atom is 0.0657 e. The minimum Gasteiger partial charge on any atom is -0.314 e. The lowest BCUT2D eigenvalue weighted by Crippen LogP contribution is -2.21. The number of aryl methyl sites for hydroxylation is 1. The fourth-order valence-electron chi connectivity index (χ4n) is 2.73. The normalized spacial score (nSPS) is 15.2. The Balaban J connectivity index is 2.05. The van der Waals surface area contributed by atoms with Gasteiger partial charge in [0.15, 0.2) is 0 Å². The highest BCUT2D eigenvalue weighted by atomic mass is 15.3. The van der Waals surface area contributed by atoms with E-state index in [1.165, 1.54) is 29.8 Å². The van der Waals surface area contributed by atoms with Crippen molar-refractivity contribution in [1.82, 2.24) is 20.0 Å². The molecule has 1 fully saturated rings. The molecule has 0 spiro atoms. The second kappa shape index (κ2) is 7.23. The Bertz CT molecular complexity index is 418. The van der Waals surface area contributed by atoms with Gasteiger partial charge in [0.1, 0.15) is 0 Å². The minimum absolute atomic E-state index is 0.800. The molecule has 2 rings (SSSR count). The maximum absolute atomic E-state index is 4.85. The van der Waals surface area contributed by atoms with Crippen LogP contribution in [0.15, 0.2) is 0 Å². The van der Waals surface area contributed by atoms with Crippen LogP contribution in [0.4, 0.5) is 0 Å². The molecule has 0 bridgehead atoms. The first-order chi connectivity index (χ1) is 9.65. The van der Waals surface area contributed by atoms with Gasteiger partial charge in [-0.1, -0.05) is 13.8 Å². The SMILES string of the molecule is CCc1nn(CCN(C)C)c(CC)c1CCNC1CC1. The van der Waals surface area contributed by atoms with Gasteiger partial charge in [0.05, 0.1) is 12.2 Å². The molecule has 4 heteroatoms. The summed E-state index contributed by atoms with van der Waals surface area (Å²) in [5, 5.41) is 8.47. The lowest BCUT2D eigenvalue weighted by Gasteiger charge is -2.12. The van der Waals surface area contributed by atoms with E-state index in [1.54, 1.807) is 0 Å². The molecule has 1 aliphatic rings. The highest BCUT2D eigenvalue weighted by Crippen LogP contribution is 2.20. The van der Waals surface area contributed by atoms with E-state index in [4.69, 9.17) is 5.10 Å². The molecule has 1 N–H and O–H groups in total. The summed E-state index contributed by atoms with van der Waals surface area (Å²) >= 11 is 0. The zero-order valence-corrected chi connectivity index (χ0v) is 13.6. The first-order valence-corrected chi connectivity index (χ1v) is 8.11. The van der Waals surface area contributed by atoms with Gasteiger partial charge in [-0.15, -0.1) is 0 Å². The van der Waals surface area contributed by atoms with Crippen molar-refractivity contribution in [2.75, 3.05) is 27.2 Å². The van der Waals surface area contributed by atoms with Crippen LogP contribution < -0.4 is 5.32 Å². The van der Waals surface area contributed by atoms with Crippen LogP contribution in [0.3, 0.4) is 0 Å². The molecule has 0 radical (unpaired) electrons. The summed E-state index contributed by atoms with van der Waals surface area (Å²) in [6, 6.07) is 0.800. The van der Waals surface area contributed by atoms with Crippen molar-refractivity contribution in [1.29, 1.82) is 0 Å². The minimum atomic E-state index is 0.800. The molecule has 1 aromatic rings. The van der Waals surface area contributed by atoms with Crippen LogP contribution in [0.1, 0.15) is 43.6 Å². The van der Waals surface area contributed by atoms with E-state index in [0.29, 0.717) is 0 Å². The summed E-state index contributed by atoms with van der Waals surface area (Å²) in [5.41, 5.74) is 4.25. The molecular weight excluding hydrogens is 248 g/mol. The Kier molecular flexibility index (Phi) is 5.61. The zero-order valence-electron chi connectivity index (χ0n) is 13.6. The van der Waals surface area contributed by atoms with Crippen LogP contribution >= 0.6 is 0 Å². The first-order valence-electron chi connectivity index (χ1n) is 8.11. The predicted molar refractivity (Wildman–Crippen MR) is 84.3 cm³/mol. The summed E-state index contributed by atoms with van der Waals surface area (Å²) in [7, 11) is 4.24. The Morgan fingerprint density at radius 1 is 1.25 bits per heavy atom. The molecule has 20 heavy (non-hydrogen) atoms. The van der Waals surface area contributed by atoms with Gasteiger partial charge in [-0.25, -0.2) is 0 Å². The molecule has 0 amide bonds. The van der Waals surface area contributed by atoms with Crippen LogP contribution in [0.2, 0.25) is 0 Å². The second-order valence-corrected chi connectivity index (χ2v) is 6.08. The molecule has 0 atom stereocenters. The monoisotopic (exact) mass is 278 g/mol. The van der Waals surface area contributed by atoms with Gasteiger partial charge in [-0.2, -0.15) is 5.10 Å². The number of hydrogen-bond acceptors (Lipinski definition) is 3. The summed E-state index contributed by atoms with van der Waals surface area (Å²) in [4.78, 5) is 2.22. The van der Waals surface area contributed by atoms with E-state index < -0.39 is 0 Å². The molecule has 114 valence electrons. The highest BCUT2D eigenvalue weighted by Gasteiger charge is 2.21. The molecule has 0 aromatic carbocycles. The average molecular weight is 278 g/mol.